The average molecular weight is 281 g/mol. The highest BCUT2D eigenvalue weighted by Gasteiger charge is 2.40. The molecule has 0 aliphatic heterocycles. The van der Waals surface area contributed by atoms with Crippen molar-refractivity contribution in [1.29, 1.82) is 5.26 Å². The molecule has 0 bridgehead atoms. The first kappa shape index (κ1) is 13.5. The number of nitrogens with zero attached hydrogens (tertiary/aromatic N) is 4. The molecule has 1 aromatic heterocycles. The lowest BCUT2D eigenvalue weighted by molar-refractivity contribution is -0.143. The molecule has 20 heavy (non-hydrogen) atoms. The van der Waals surface area contributed by atoms with E-state index in [2.05, 4.69) is 10.3 Å². The number of aromatic nitrogens is 3. The fraction of sp³-hybridized carbons (Fsp3) is 0.0909. The van der Waals surface area contributed by atoms with E-state index in [-0.39, 0.29) is 11.3 Å². The third kappa shape index (κ3) is 2.31. The number of carbonyl (C=O) groups excluding carboxylic acids is 1. The zero-order chi connectivity index (χ0) is 14.9. The van der Waals surface area contributed by atoms with Gasteiger partial charge in [-0.2, -0.15) is 18.4 Å². The highest BCUT2D eigenvalue weighted by atomic mass is 19.4. The quantitative estimate of drug-likeness (QED) is 0.895. The molecule has 102 valence electrons. The first-order valence-electron chi connectivity index (χ1n) is 5.18. The molecular weight excluding hydrogens is 275 g/mol. The number of carbonyl (C=O) groups is 1. The maximum atomic E-state index is 12.9. The lowest BCUT2D eigenvalue weighted by Gasteiger charge is -2.09. The van der Waals surface area contributed by atoms with Gasteiger partial charge in [0.2, 0.25) is 5.91 Å². The van der Waals surface area contributed by atoms with Gasteiger partial charge < -0.3 is 5.73 Å². The van der Waals surface area contributed by atoms with E-state index in [9.17, 15) is 18.0 Å². The minimum Gasteiger partial charge on any atom is -0.366 e. The molecule has 0 saturated carbocycles. The van der Waals surface area contributed by atoms with Crippen LogP contribution in [-0.2, 0) is 6.18 Å². The number of benzene rings is 1. The molecule has 1 amide bonds. The van der Waals surface area contributed by atoms with Crippen LogP contribution in [0.15, 0.2) is 24.3 Å². The van der Waals surface area contributed by atoms with Crippen LogP contribution in [0.3, 0.4) is 0 Å². The van der Waals surface area contributed by atoms with Crippen LogP contribution in [0.5, 0.6) is 0 Å². The number of hydrogen-bond acceptors (Lipinski definition) is 4. The fourth-order valence-corrected chi connectivity index (χ4v) is 1.56. The van der Waals surface area contributed by atoms with E-state index in [0.717, 1.165) is 0 Å². The van der Waals surface area contributed by atoms with Crippen molar-refractivity contribution in [3.8, 4) is 11.8 Å². The Labute approximate surface area is 110 Å². The monoisotopic (exact) mass is 281 g/mol. The minimum atomic E-state index is -4.78. The van der Waals surface area contributed by atoms with Crippen LogP contribution in [0.1, 0.15) is 21.7 Å². The Morgan fingerprint density at radius 3 is 2.35 bits per heavy atom. The van der Waals surface area contributed by atoms with Gasteiger partial charge in [0.25, 0.3) is 0 Å². The molecule has 0 radical (unpaired) electrons. The third-order valence-corrected chi connectivity index (χ3v) is 2.44. The molecule has 0 spiro atoms. The van der Waals surface area contributed by atoms with E-state index >= 15 is 0 Å². The van der Waals surface area contributed by atoms with E-state index in [0.29, 0.717) is 4.68 Å². The van der Waals surface area contributed by atoms with Crippen molar-refractivity contribution in [2.24, 2.45) is 5.73 Å². The van der Waals surface area contributed by atoms with E-state index in [1.807, 2.05) is 0 Å². The molecule has 2 rings (SSSR count). The standard InChI is InChI=1S/C11H6F3N5O/c12-11(13,14)9-8(5-15)17-18-19(9)7-3-1-6(2-4-7)10(16)20/h1-4H,(H2,16,20). The summed E-state index contributed by atoms with van der Waals surface area (Å²) in [4.78, 5) is 10.9. The van der Waals surface area contributed by atoms with Crippen molar-refractivity contribution in [1.82, 2.24) is 15.0 Å². The number of halogens is 3. The predicted molar refractivity (Wildman–Crippen MR) is 59.6 cm³/mol. The number of hydrogen-bond donors (Lipinski definition) is 1. The number of amides is 1. The summed E-state index contributed by atoms with van der Waals surface area (Å²) in [7, 11) is 0. The van der Waals surface area contributed by atoms with Crippen molar-refractivity contribution in [2.75, 3.05) is 0 Å². The fourth-order valence-electron chi connectivity index (χ4n) is 1.56. The summed E-state index contributed by atoms with van der Waals surface area (Å²) in [6.07, 6.45) is -4.78. The Bertz CT molecular complexity index is 696. The molecule has 0 aliphatic rings. The highest BCUT2D eigenvalue weighted by Crippen LogP contribution is 2.32. The second-order valence-electron chi connectivity index (χ2n) is 3.72. The Kier molecular flexibility index (Phi) is 3.15. The first-order chi connectivity index (χ1) is 9.34. The molecule has 1 aromatic carbocycles. The van der Waals surface area contributed by atoms with Gasteiger partial charge >= 0.3 is 6.18 Å². The van der Waals surface area contributed by atoms with Gasteiger partial charge in [0.05, 0.1) is 5.69 Å². The zero-order valence-electron chi connectivity index (χ0n) is 9.72. The predicted octanol–water partition coefficient (Wildman–Crippen LogP) is 1.26. The van der Waals surface area contributed by atoms with Crippen molar-refractivity contribution in [2.45, 2.75) is 6.18 Å². The average Bonchev–Trinajstić information content (AvgIpc) is 2.82. The maximum absolute atomic E-state index is 12.9. The van der Waals surface area contributed by atoms with Crippen LogP contribution in [-0.4, -0.2) is 20.9 Å². The highest BCUT2D eigenvalue weighted by molar-refractivity contribution is 5.92. The van der Waals surface area contributed by atoms with Crippen molar-refractivity contribution >= 4 is 5.91 Å². The van der Waals surface area contributed by atoms with Gasteiger partial charge in [-0.05, 0) is 24.3 Å². The maximum Gasteiger partial charge on any atom is 0.436 e. The van der Waals surface area contributed by atoms with E-state index in [4.69, 9.17) is 11.0 Å². The number of nitriles is 1. The summed E-state index contributed by atoms with van der Waals surface area (Å²) in [6.45, 7) is 0. The second-order valence-corrected chi connectivity index (χ2v) is 3.72. The lowest BCUT2D eigenvalue weighted by atomic mass is 10.2. The van der Waals surface area contributed by atoms with Crippen LogP contribution in [0.25, 0.3) is 5.69 Å². The van der Waals surface area contributed by atoms with E-state index < -0.39 is 23.5 Å². The lowest BCUT2D eigenvalue weighted by Crippen LogP contribution is -2.15. The van der Waals surface area contributed by atoms with Crippen molar-refractivity contribution in [3.63, 3.8) is 0 Å². The molecular formula is C11H6F3N5O. The molecule has 0 fully saturated rings. The van der Waals surface area contributed by atoms with E-state index in [1.54, 1.807) is 0 Å². The smallest absolute Gasteiger partial charge is 0.366 e. The number of nitrogens with two attached hydrogens (primary N) is 1. The molecule has 6 nitrogen and oxygen atoms in total. The van der Waals surface area contributed by atoms with E-state index in [1.165, 1.54) is 30.3 Å². The topological polar surface area (TPSA) is 97.6 Å². The molecule has 0 unspecified atom stereocenters. The normalized spacial score (nSPS) is 11.1. The van der Waals surface area contributed by atoms with Crippen LogP contribution in [0, 0.1) is 11.3 Å². The second kappa shape index (κ2) is 4.65. The van der Waals surface area contributed by atoms with Gasteiger partial charge in [-0.25, -0.2) is 4.68 Å². The van der Waals surface area contributed by atoms with Crippen LogP contribution in [0.2, 0.25) is 0 Å². The van der Waals surface area contributed by atoms with Gasteiger partial charge in [0.15, 0.2) is 11.4 Å². The number of rotatable bonds is 2. The summed E-state index contributed by atoms with van der Waals surface area (Å²) in [5.74, 6) is -0.705. The third-order valence-electron chi connectivity index (χ3n) is 2.44. The van der Waals surface area contributed by atoms with Gasteiger partial charge in [-0.3, -0.25) is 4.79 Å². The molecule has 0 aliphatic carbocycles. The SMILES string of the molecule is N#Cc1nnn(-c2ccc(C(N)=O)cc2)c1C(F)(F)F. The first-order valence-corrected chi connectivity index (χ1v) is 5.18. The Morgan fingerprint density at radius 1 is 1.30 bits per heavy atom. The van der Waals surface area contributed by atoms with Crippen molar-refractivity contribution < 1.29 is 18.0 Å². The van der Waals surface area contributed by atoms with Crippen LogP contribution in [0.4, 0.5) is 13.2 Å². The van der Waals surface area contributed by atoms with Gasteiger partial charge in [0.1, 0.15) is 6.07 Å². The summed E-state index contributed by atoms with van der Waals surface area (Å²) < 4.78 is 39.2. The van der Waals surface area contributed by atoms with Gasteiger partial charge in [-0.1, -0.05) is 5.21 Å². The summed E-state index contributed by atoms with van der Waals surface area (Å²) in [5.41, 5.74) is 3.09. The molecule has 1 heterocycles. The Hall–Kier alpha value is -2.89. The van der Waals surface area contributed by atoms with Crippen molar-refractivity contribution in [3.05, 3.63) is 41.2 Å². The molecule has 9 heteroatoms. The summed E-state index contributed by atoms with van der Waals surface area (Å²) in [5, 5.41) is 15.1. The van der Waals surface area contributed by atoms with Gasteiger partial charge in [0, 0.05) is 5.56 Å². The molecule has 2 aromatic rings. The Morgan fingerprint density at radius 2 is 1.90 bits per heavy atom. The van der Waals surface area contributed by atoms with Crippen LogP contribution < -0.4 is 5.73 Å². The summed E-state index contributed by atoms with van der Waals surface area (Å²) in [6, 6.07) is 6.30. The molecule has 0 saturated heterocycles. The van der Waals surface area contributed by atoms with Crippen LogP contribution >= 0.6 is 0 Å². The minimum absolute atomic E-state index is 0.0105. The Balaban J connectivity index is 2.56. The number of alkyl halides is 3. The van der Waals surface area contributed by atoms with Gasteiger partial charge in [-0.15, -0.1) is 5.10 Å². The summed E-state index contributed by atoms with van der Waals surface area (Å²) >= 11 is 0. The molecule has 2 N–H and O–H groups in total. The largest absolute Gasteiger partial charge is 0.436 e. The molecule has 0 atom stereocenters. The zero-order valence-corrected chi connectivity index (χ0v) is 9.72. The number of primary amides is 1.